The fraction of sp³-hybridized carbons (Fsp3) is 0.240. The normalized spacial score (nSPS) is 15.6. The van der Waals surface area contributed by atoms with Crippen LogP contribution in [0.2, 0.25) is 10.0 Å². The highest BCUT2D eigenvalue weighted by molar-refractivity contribution is 6.36. The molecule has 1 amide bonds. The highest BCUT2D eigenvalue weighted by Crippen LogP contribution is 2.45. The Morgan fingerprint density at radius 2 is 1.46 bits per heavy atom. The molecule has 0 radical (unpaired) electrons. The number of dihydropyridines is 1. The van der Waals surface area contributed by atoms with Crippen LogP contribution in [0.25, 0.3) is 0 Å². The number of halogens is 2. The lowest BCUT2D eigenvalue weighted by Crippen LogP contribution is -2.36. The smallest absolute Gasteiger partial charge is 0.334 e. The third-order valence-corrected chi connectivity index (χ3v) is 6.22. The van der Waals surface area contributed by atoms with E-state index in [-0.39, 0.29) is 64.1 Å². The summed E-state index contributed by atoms with van der Waals surface area (Å²) in [5, 5.41) is 34.9. The fourth-order valence-electron chi connectivity index (χ4n) is 4.06. The molecule has 1 heterocycles. The largest absolute Gasteiger partial charge is 0.478 e. The second-order valence-corrected chi connectivity index (χ2v) is 8.64. The predicted molar refractivity (Wildman–Crippen MR) is 131 cm³/mol. The lowest BCUT2D eigenvalue weighted by atomic mass is 9.78. The number of aliphatic carboxylic acids is 2. The fourth-order valence-corrected chi connectivity index (χ4v) is 4.67. The minimum absolute atomic E-state index is 0.00856. The molecule has 10 heteroatoms. The quantitative estimate of drug-likeness (QED) is 0.324. The summed E-state index contributed by atoms with van der Waals surface area (Å²) in [6.07, 6.45) is 0.330. The van der Waals surface area contributed by atoms with E-state index in [0.29, 0.717) is 6.42 Å². The van der Waals surface area contributed by atoms with Gasteiger partial charge in [-0.2, -0.15) is 0 Å². The van der Waals surface area contributed by atoms with Gasteiger partial charge >= 0.3 is 11.9 Å². The topological polar surface area (TPSA) is 136 Å². The molecule has 1 atom stereocenters. The van der Waals surface area contributed by atoms with Gasteiger partial charge in [-0.25, -0.2) is 9.59 Å². The Hall–Kier alpha value is -3.33. The summed E-state index contributed by atoms with van der Waals surface area (Å²) in [6, 6.07) is 14.0. The second-order valence-electron chi connectivity index (χ2n) is 7.82. The Bertz CT molecular complexity index is 1170. The molecule has 0 fully saturated rings. The first-order valence-corrected chi connectivity index (χ1v) is 11.5. The monoisotopic (exact) mass is 518 g/mol. The van der Waals surface area contributed by atoms with Gasteiger partial charge in [0.05, 0.1) is 30.1 Å². The maximum Gasteiger partial charge on any atom is 0.334 e. The number of aliphatic hydroxyl groups excluding tert-OH is 1. The van der Waals surface area contributed by atoms with E-state index < -0.39 is 23.8 Å². The van der Waals surface area contributed by atoms with Gasteiger partial charge in [-0.15, -0.1) is 0 Å². The van der Waals surface area contributed by atoms with Crippen LogP contribution in [-0.4, -0.2) is 46.3 Å². The highest BCUT2D eigenvalue weighted by atomic mass is 35.5. The zero-order valence-corrected chi connectivity index (χ0v) is 20.1. The lowest BCUT2D eigenvalue weighted by Gasteiger charge is -2.32. The first-order valence-electron chi connectivity index (χ1n) is 10.8. The summed E-state index contributed by atoms with van der Waals surface area (Å²) >= 11 is 12.8. The van der Waals surface area contributed by atoms with E-state index in [1.165, 1.54) is 12.1 Å². The average Bonchev–Trinajstić information content (AvgIpc) is 2.81. The average molecular weight is 519 g/mol. The third-order valence-electron chi connectivity index (χ3n) is 5.56. The first kappa shape index (κ1) is 26.3. The van der Waals surface area contributed by atoms with Gasteiger partial charge in [0.2, 0.25) is 5.91 Å². The van der Waals surface area contributed by atoms with Gasteiger partial charge in [-0.05, 0) is 30.5 Å². The van der Waals surface area contributed by atoms with E-state index in [1.807, 2.05) is 30.3 Å². The molecular weight excluding hydrogens is 495 g/mol. The summed E-state index contributed by atoms with van der Waals surface area (Å²) in [6.45, 7) is -0.293. The predicted octanol–water partition coefficient (Wildman–Crippen LogP) is 3.49. The molecule has 0 saturated heterocycles. The number of aryl methyl sites for hydroxylation is 1. The highest BCUT2D eigenvalue weighted by Gasteiger charge is 2.40. The molecule has 1 aliphatic rings. The van der Waals surface area contributed by atoms with Gasteiger partial charge < -0.3 is 26.0 Å². The Labute approximate surface area is 211 Å². The van der Waals surface area contributed by atoms with E-state index in [9.17, 15) is 24.6 Å². The summed E-state index contributed by atoms with van der Waals surface area (Å²) < 4.78 is 0. The van der Waals surface area contributed by atoms with Crippen molar-refractivity contribution in [3.05, 3.63) is 92.2 Å². The van der Waals surface area contributed by atoms with Crippen LogP contribution >= 0.6 is 23.2 Å². The molecule has 3 rings (SSSR count). The Morgan fingerprint density at radius 1 is 0.857 bits per heavy atom. The van der Waals surface area contributed by atoms with Crippen LogP contribution in [0.1, 0.15) is 29.9 Å². The molecule has 0 bridgehead atoms. The molecule has 8 nitrogen and oxygen atoms in total. The molecule has 1 aliphatic heterocycles. The number of amides is 1. The number of rotatable bonds is 10. The van der Waals surface area contributed by atoms with Crippen molar-refractivity contribution in [3.8, 4) is 0 Å². The zero-order chi connectivity index (χ0) is 25.5. The number of hydrogen-bond donors (Lipinski definition) is 5. The number of benzene rings is 2. The molecule has 0 saturated carbocycles. The molecule has 2 aromatic carbocycles. The van der Waals surface area contributed by atoms with Crippen LogP contribution in [0.3, 0.4) is 0 Å². The van der Waals surface area contributed by atoms with E-state index in [0.717, 1.165) is 5.56 Å². The van der Waals surface area contributed by atoms with Gasteiger partial charge in [0, 0.05) is 33.5 Å². The number of carbonyl (C=O) groups excluding carboxylic acids is 1. The number of allylic oxidation sites excluding steroid dienone is 1. The van der Waals surface area contributed by atoms with Crippen molar-refractivity contribution in [2.75, 3.05) is 13.2 Å². The van der Waals surface area contributed by atoms with Crippen LogP contribution in [0.5, 0.6) is 0 Å². The number of aliphatic hydroxyl groups is 1. The van der Waals surface area contributed by atoms with Crippen LogP contribution in [0.15, 0.2) is 71.1 Å². The number of carboxylic acid groups (broad SMARTS) is 2. The van der Waals surface area contributed by atoms with E-state index in [4.69, 9.17) is 28.3 Å². The molecular formula is C25H24Cl2N2O6. The summed E-state index contributed by atoms with van der Waals surface area (Å²) in [4.78, 5) is 37.4. The molecule has 184 valence electrons. The number of carbonyl (C=O) groups is 3. The van der Waals surface area contributed by atoms with Crippen molar-refractivity contribution < 1.29 is 29.7 Å². The number of hydrogen-bond acceptors (Lipinski definition) is 5. The Kier molecular flexibility index (Phi) is 8.92. The van der Waals surface area contributed by atoms with E-state index in [2.05, 4.69) is 10.6 Å². The minimum atomic E-state index is -1.41. The summed E-state index contributed by atoms with van der Waals surface area (Å²) in [5.41, 5.74) is 0.846. The molecule has 0 aromatic heterocycles. The molecule has 0 spiro atoms. The first-order chi connectivity index (χ1) is 16.7. The SMILES string of the molecule is O=C(CC1=C(C(=O)O)C(c2c(Cl)cccc2Cl)C(C(=O)O)=C(CCc2ccccc2)N1)NCCO. The number of carboxylic acids is 2. The standard InChI is InChI=1S/C25H24Cl2N2O6/c26-15-7-4-8-16(27)20(15)23-21(24(32)33)17(10-9-14-5-2-1-3-6-14)29-18(22(23)25(34)35)13-19(31)28-11-12-30/h1-8,23,29-30H,9-13H2,(H,28,31)(H,32,33)(H,34,35). The van der Waals surface area contributed by atoms with Gasteiger partial charge in [0.25, 0.3) is 0 Å². The summed E-state index contributed by atoms with van der Waals surface area (Å²) in [5.74, 6) is -4.60. The van der Waals surface area contributed by atoms with Gasteiger partial charge in [0.15, 0.2) is 0 Å². The maximum absolute atomic E-state index is 12.5. The third kappa shape index (κ3) is 6.22. The maximum atomic E-state index is 12.5. The van der Waals surface area contributed by atoms with Crippen molar-refractivity contribution in [2.45, 2.75) is 25.2 Å². The second kappa shape index (κ2) is 11.9. The zero-order valence-electron chi connectivity index (χ0n) is 18.6. The van der Waals surface area contributed by atoms with Crippen LogP contribution < -0.4 is 10.6 Å². The van der Waals surface area contributed by atoms with Gasteiger partial charge in [0.1, 0.15) is 0 Å². The van der Waals surface area contributed by atoms with Gasteiger partial charge in [-0.1, -0.05) is 59.6 Å². The van der Waals surface area contributed by atoms with Crippen LogP contribution in [-0.2, 0) is 20.8 Å². The van der Waals surface area contributed by atoms with Crippen LogP contribution in [0, 0.1) is 0 Å². The van der Waals surface area contributed by atoms with Crippen molar-refractivity contribution in [3.63, 3.8) is 0 Å². The van der Waals surface area contributed by atoms with E-state index in [1.54, 1.807) is 6.07 Å². The van der Waals surface area contributed by atoms with Gasteiger partial charge in [-0.3, -0.25) is 4.79 Å². The lowest BCUT2D eigenvalue weighted by molar-refractivity contribution is -0.133. The molecule has 0 aliphatic carbocycles. The minimum Gasteiger partial charge on any atom is -0.478 e. The van der Waals surface area contributed by atoms with Crippen molar-refractivity contribution in [2.24, 2.45) is 0 Å². The van der Waals surface area contributed by atoms with Crippen molar-refractivity contribution in [1.29, 1.82) is 0 Å². The Morgan fingerprint density at radius 3 is 2.03 bits per heavy atom. The number of nitrogens with one attached hydrogen (secondary N) is 2. The van der Waals surface area contributed by atoms with Crippen molar-refractivity contribution in [1.82, 2.24) is 10.6 Å². The summed E-state index contributed by atoms with van der Waals surface area (Å²) in [7, 11) is 0. The van der Waals surface area contributed by atoms with E-state index >= 15 is 0 Å². The molecule has 5 N–H and O–H groups in total. The molecule has 2 aromatic rings. The van der Waals surface area contributed by atoms with Crippen LogP contribution in [0.4, 0.5) is 0 Å². The Balaban J connectivity index is 2.17. The molecule has 35 heavy (non-hydrogen) atoms. The van der Waals surface area contributed by atoms with Crippen molar-refractivity contribution >= 4 is 41.0 Å². The molecule has 1 unspecified atom stereocenters.